The first-order valence-corrected chi connectivity index (χ1v) is 7.08. The Hall–Kier alpha value is -0.540. The Morgan fingerprint density at radius 2 is 1.88 bits per heavy atom. The predicted octanol–water partition coefficient (Wildman–Crippen LogP) is 3.56. The van der Waals surface area contributed by atoms with Gasteiger partial charge in [0.25, 0.3) is 0 Å². The van der Waals surface area contributed by atoms with E-state index < -0.39 is 0 Å². The summed E-state index contributed by atoms with van der Waals surface area (Å²) in [5.74, 6) is 1.56. The second kappa shape index (κ2) is 4.99. The Balaban J connectivity index is 2.21. The van der Waals surface area contributed by atoms with E-state index in [1.54, 1.807) is 0 Å². The smallest absolute Gasteiger partial charge is 0.0377 e. The van der Waals surface area contributed by atoms with Crippen molar-refractivity contribution in [2.24, 2.45) is 17.6 Å². The van der Waals surface area contributed by atoms with Gasteiger partial charge in [-0.2, -0.15) is 0 Å². The van der Waals surface area contributed by atoms with Crippen LogP contribution >= 0.6 is 15.9 Å². The standard InChI is InChI=1S/C14H21BrN2/c1-9-7-17(8-10(9)2)12-4-5-13(11(3)16)14(15)6-12/h4-6,9-11H,7-8,16H2,1-3H3/t9?,10?,11-/m0/s1. The molecule has 2 rings (SSSR count). The van der Waals surface area contributed by atoms with Crippen LogP contribution < -0.4 is 10.6 Å². The number of halogens is 1. The maximum absolute atomic E-state index is 5.92. The van der Waals surface area contributed by atoms with Crippen LogP contribution in [0.3, 0.4) is 0 Å². The van der Waals surface area contributed by atoms with Gasteiger partial charge in [0.1, 0.15) is 0 Å². The summed E-state index contributed by atoms with van der Waals surface area (Å²) in [5.41, 5.74) is 8.40. The Bertz CT molecular complexity index is 393. The molecule has 2 nitrogen and oxygen atoms in total. The van der Waals surface area contributed by atoms with Gasteiger partial charge in [0.2, 0.25) is 0 Å². The maximum Gasteiger partial charge on any atom is 0.0377 e. The number of hydrogen-bond acceptors (Lipinski definition) is 2. The van der Waals surface area contributed by atoms with Crippen LogP contribution in [-0.4, -0.2) is 13.1 Å². The second-order valence-corrected chi connectivity index (χ2v) is 6.21. The zero-order valence-electron chi connectivity index (χ0n) is 10.8. The van der Waals surface area contributed by atoms with E-state index in [0.29, 0.717) is 0 Å². The lowest BCUT2D eigenvalue weighted by Crippen LogP contribution is -2.19. The molecule has 0 radical (unpaired) electrons. The Kier molecular flexibility index (Phi) is 3.79. The monoisotopic (exact) mass is 296 g/mol. The molecule has 1 saturated heterocycles. The van der Waals surface area contributed by atoms with Gasteiger partial charge in [0, 0.05) is 29.3 Å². The maximum atomic E-state index is 5.92. The van der Waals surface area contributed by atoms with Crippen LogP contribution in [0, 0.1) is 11.8 Å². The number of hydrogen-bond donors (Lipinski definition) is 1. The lowest BCUT2D eigenvalue weighted by molar-refractivity contribution is 0.494. The van der Waals surface area contributed by atoms with E-state index in [0.717, 1.165) is 29.4 Å². The molecule has 3 atom stereocenters. The van der Waals surface area contributed by atoms with Crippen molar-refractivity contribution < 1.29 is 0 Å². The van der Waals surface area contributed by atoms with Crippen LogP contribution in [0.1, 0.15) is 32.4 Å². The normalized spacial score (nSPS) is 26.3. The largest absolute Gasteiger partial charge is 0.371 e. The first kappa shape index (κ1) is 12.9. The van der Waals surface area contributed by atoms with Gasteiger partial charge < -0.3 is 10.6 Å². The van der Waals surface area contributed by atoms with E-state index in [9.17, 15) is 0 Å². The highest BCUT2D eigenvalue weighted by atomic mass is 79.9. The minimum absolute atomic E-state index is 0.0786. The van der Waals surface area contributed by atoms with Crippen LogP contribution in [-0.2, 0) is 0 Å². The topological polar surface area (TPSA) is 29.3 Å². The fraction of sp³-hybridized carbons (Fsp3) is 0.571. The molecule has 1 aromatic rings. The molecule has 1 aliphatic rings. The first-order chi connectivity index (χ1) is 7.99. The van der Waals surface area contributed by atoms with Crippen LogP contribution in [0.15, 0.2) is 22.7 Å². The number of benzene rings is 1. The van der Waals surface area contributed by atoms with Crippen LogP contribution in [0.25, 0.3) is 0 Å². The van der Waals surface area contributed by atoms with Gasteiger partial charge in [-0.05, 0) is 36.5 Å². The third-order valence-corrected chi connectivity index (χ3v) is 4.51. The van der Waals surface area contributed by atoms with E-state index in [1.807, 2.05) is 6.92 Å². The highest BCUT2D eigenvalue weighted by molar-refractivity contribution is 9.10. The third-order valence-electron chi connectivity index (χ3n) is 3.83. The second-order valence-electron chi connectivity index (χ2n) is 5.35. The van der Waals surface area contributed by atoms with Crippen LogP contribution in [0.2, 0.25) is 0 Å². The van der Waals surface area contributed by atoms with Crippen molar-refractivity contribution in [2.45, 2.75) is 26.8 Å². The number of anilines is 1. The molecule has 1 aliphatic heterocycles. The van der Waals surface area contributed by atoms with Crippen molar-refractivity contribution in [1.29, 1.82) is 0 Å². The lowest BCUT2D eigenvalue weighted by Gasteiger charge is -2.20. The van der Waals surface area contributed by atoms with Gasteiger partial charge in [0.05, 0.1) is 0 Å². The molecule has 1 aromatic carbocycles. The number of nitrogens with zero attached hydrogens (tertiary/aromatic N) is 1. The summed E-state index contributed by atoms with van der Waals surface area (Å²) < 4.78 is 1.12. The molecule has 1 heterocycles. The van der Waals surface area contributed by atoms with E-state index in [-0.39, 0.29) is 6.04 Å². The highest BCUT2D eigenvalue weighted by Gasteiger charge is 2.26. The summed E-state index contributed by atoms with van der Waals surface area (Å²) >= 11 is 3.62. The zero-order valence-corrected chi connectivity index (χ0v) is 12.4. The highest BCUT2D eigenvalue weighted by Crippen LogP contribution is 2.32. The molecule has 2 N–H and O–H groups in total. The first-order valence-electron chi connectivity index (χ1n) is 6.29. The molecule has 0 aliphatic carbocycles. The van der Waals surface area contributed by atoms with E-state index in [2.05, 4.69) is 52.9 Å². The van der Waals surface area contributed by atoms with Crippen molar-refractivity contribution in [1.82, 2.24) is 0 Å². The van der Waals surface area contributed by atoms with Crippen molar-refractivity contribution in [3.63, 3.8) is 0 Å². The molecular formula is C14H21BrN2. The quantitative estimate of drug-likeness (QED) is 0.904. The summed E-state index contributed by atoms with van der Waals surface area (Å²) in [7, 11) is 0. The molecule has 0 bridgehead atoms. The van der Waals surface area contributed by atoms with Gasteiger partial charge in [-0.15, -0.1) is 0 Å². The number of rotatable bonds is 2. The molecule has 0 spiro atoms. The fourth-order valence-electron chi connectivity index (χ4n) is 2.42. The Morgan fingerprint density at radius 3 is 2.35 bits per heavy atom. The molecule has 94 valence electrons. The summed E-state index contributed by atoms with van der Waals surface area (Å²) in [6, 6.07) is 6.60. The number of nitrogens with two attached hydrogens (primary N) is 1. The fourth-order valence-corrected chi connectivity index (χ4v) is 3.15. The van der Waals surface area contributed by atoms with E-state index >= 15 is 0 Å². The van der Waals surface area contributed by atoms with Crippen LogP contribution in [0.4, 0.5) is 5.69 Å². The van der Waals surface area contributed by atoms with Crippen molar-refractivity contribution in [3.05, 3.63) is 28.2 Å². The lowest BCUT2D eigenvalue weighted by atomic mass is 10.0. The third kappa shape index (κ3) is 2.66. The van der Waals surface area contributed by atoms with E-state index in [1.165, 1.54) is 11.3 Å². The minimum atomic E-state index is 0.0786. The molecule has 17 heavy (non-hydrogen) atoms. The average Bonchev–Trinajstić information content (AvgIpc) is 2.58. The molecule has 0 amide bonds. The molecule has 3 heteroatoms. The molecule has 1 fully saturated rings. The van der Waals surface area contributed by atoms with Gasteiger partial charge >= 0.3 is 0 Å². The summed E-state index contributed by atoms with van der Waals surface area (Å²) in [6.07, 6.45) is 0. The van der Waals surface area contributed by atoms with Gasteiger partial charge in [-0.1, -0.05) is 35.8 Å². The van der Waals surface area contributed by atoms with Gasteiger partial charge in [0.15, 0.2) is 0 Å². The average molecular weight is 297 g/mol. The minimum Gasteiger partial charge on any atom is -0.371 e. The summed E-state index contributed by atoms with van der Waals surface area (Å²) in [5, 5.41) is 0. The molecular weight excluding hydrogens is 276 g/mol. The molecule has 0 aromatic heterocycles. The van der Waals surface area contributed by atoms with Crippen LogP contribution in [0.5, 0.6) is 0 Å². The van der Waals surface area contributed by atoms with E-state index in [4.69, 9.17) is 5.73 Å². The summed E-state index contributed by atoms with van der Waals surface area (Å²) in [6.45, 7) is 8.99. The molecule has 0 saturated carbocycles. The Labute approximate surface area is 112 Å². The summed E-state index contributed by atoms with van der Waals surface area (Å²) in [4.78, 5) is 2.46. The predicted molar refractivity (Wildman–Crippen MR) is 77.3 cm³/mol. The van der Waals surface area contributed by atoms with Gasteiger partial charge in [-0.3, -0.25) is 0 Å². The Morgan fingerprint density at radius 1 is 1.29 bits per heavy atom. The van der Waals surface area contributed by atoms with Crippen molar-refractivity contribution in [2.75, 3.05) is 18.0 Å². The van der Waals surface area contributed by atoms with Crippen molar-refractivity contribution in [3.8, 4) is 0 Å². The SMILES string of the molecule is CC1CN(c2ccc([C@H](C)N)c(Br)c2)CC1C. The van der Waals surface area contributed by atoms with Gasteiger partial charge in [-0.25, -0.2) is 0 Å². The molecule has 2 unspecified atom stereocenters. The zero-order chi connectivity index (χ0) is 12.6. The van der Waals surface area contributed by atoms with Crippen molar-refractivity contribution >= 4 is 21.6 Å².